The summed E-state index contributed by atoms with van der Waals surface area (Å²) in [6, 6.07) is 11.8. The lowest BCUT2D eigenvalue weighted by atomic mass is 10.0. The van der Waals surface area contributed by atoms with E-state index in [4.69, 9.17) is 5.26 Å². The van der Waals surface area contributed by atoms with Crippen LogP contribution in [0.5, 0.6) is 0 Å². The summed E-state index contributed by atoms with van der Waals surface area (Å²) in [6.07, 6.45) is 1.79. The molecule has 1 aliphatic heterocycles. The first-order chi connectivity index (χ1) is 10.2. The number of rotatable bonds is 2. The van der Waals surface area contributed by atoms with Crippen LogP contribution in [0.1, 0.15) is 23.7 Å². The highest BCUT2D eigenvalue weighted by molar-refractivity contribution is 5.50. The normalized spacial score (nSPS) is 21.3. The Morgan fingerprint density at radius 1 is 1.24 bits per heavy atom. The first-order valence-corrected chi connectivity index (χ1v) is 6.73. The predicted molar refractivity (Wildman–Crippen MR) is 76.1 cm³/mol. The maximum Gasteiger partial charge on any atom is 0.140 e. The van der Waals surface area contributed by atoms with E-state index < -0.39 is 6.10 Å². The van der Waals surface area contributed by atoms with Gasteiger partial charge >= 0.3 is 0 Å². The molecule has 1 aromatic heterocycles. The van der Waals surface area contributed by atoms with Crippen molar-refractivity contribution in [3.05, 3.63) is 59.7 Å². The van der Waals surface area contributed by atoms with Crippen LogP contribution in [-0.2, 0) is 0 Å². The molecule has 3 rings (SSSR count). The number of anilines is 1. The number of hydrogen-bond donors (Lipinski definition) is 1. The van der Waals surface area contributed by atoms with Gasteiger partial charge in [-0.15, -0.1) is 0 Å². The van der Waals surface area contributed by atoms with Crippen molar-refractivity contribution >= 4 is 5.69 Å². The van der Waals surface area contributed by atoms with Crippen molar-refractivity contribution < 1.29 is 9.50 Å². The lowest BCUT2D eigenvalue weighted by Gasteiger charge is -2.26. The van der Waals surface area contributed by atoms with Gasteiger partial charge in [0.15, 0.2) is 0 Å². The van der Waals surface area contributed by atoms with E-state index in [2.05, 4.69) is 4.98 Å². The summed E-state index contributed by atoms with van der Waals surface area (Å²) in [5.41, 5.74) is 2.16. The Morgan fingerprint density at radius 2 is 2.00 bits per heavy atom. The van der Waals surface area contributed by atoms with Crippen molar-refractivity contribution in [3.8, 4) is 6.07 Å². The number of benzene rings is 1. The third-order valence-corrected chi connectivity index (χ3v) is 3.73. The molecule has 2 aromatic rings. The molecule has 1 N–H and O–H groups in total. The van der Waals surface area contributed by atoms with Gasteiger partial charge in [0, 0.05) is 6.54 Å². The maximum absolute atomic E-state index is 13.1. The average Bonchev–Trinajstić information content (AvgIpc) is 2.90. The van der Waals surface area contributed by atoms with Gasteiger partial charge in [-0.2, -0.15) is 5.26 Å². The third kappa shape index (κ3) is 2.71. The molecule has 1 aliphatic rings. The van der Waals surface area contributed by atoms with E-state index in [1.807, 2.05) is 17.0 Å². The molecule has 106 valence electrons. The average molecular weight is 283 g/mol. The first kappa shape index (κ1) is 13.5. The van der Waals surface area contributed by atoms with Crippen molar-refractivity contribution in [2.75, 3.05) is 11.4 Å². The molecule has 21 heavy (non-hydrogen) atoms. The molecule has 4 nitrogen and oxygen atoms in total. The first-order valence-electron chi connectivity index (χ1n) is 6.73. The minimum atomic E-state index is -0.435. The predicted octanol–water partition coefficient (Wildman–Crippen LogP) is 2.40. The molecule has 2 heterocycles. The zero-order chi connectivity index (χ0) is 14.8. The van der Waals surface area contributed by atoms with Gasteiger partial charge in [0.2, 0.25) is 0 Å². The number of aliphatic hydroxyl groups excluding tert-OH is 1. The molecule has 1 saturated heterocycles. The monoisotopic (exact) mass is 283 g/mol. The summed E-state index contributed by atoms with van der Waals surface area (Å²) >= 11 is 0. The molecule has 0 spiro atoms. The number of aromatic nitrogens is 1. The summed E-state index contributed by atoms with van der Waals surface area (Å²) in [5.74, 6) is -0.274. The van der Waals surface area contributed by atoms with Gasteiger partial charge < -0.3 is 10.0 Å². The summed E-state index contributed by atoms with van der Waals surface area (Å²) in [5, 5.41) is 18.7. The lowest BCUT2D eigenvalue weighted by molar-refractivity contribution is 0.194. The fourth-order valence-electron chi connectivity index (χ4n) is 2.72. The summed E-state index contributed by atoms with van der Waals surface area (Å²) in [7, 11) is 0. The van der Waals surface area contributed by atoms with Crippen LogP contribution in [-0.4, -0.2) is 22.7 Å². The van der Waals surface area contributed by atoms with Gasteiger partial charge in [-0.05, 0) is 36.2 Å². The Morgan fingerprint density at radius 3 is 2.62 bits per heavy atom. The van der Waals surface area contributed by atoms with Gasteiger partial charge in [0.05, 0.1) is 24.0 Å². The van der Waals surface area contributed by atoms with Crippen molar-refractivity contribution in [1.82, 2.24) is 4.98 Å². The number of nitrogens with zero attached hydrogens (tertiary/aromatic N) is 3. The summed E-state index contributed by atoms with van der Waals surface area (Å²) < 4.78 is 13.1. The summed E-state index contributed by atoms with van der Waals surface area (Å²) in [6.45, 7) is 0.496. The number of aliphatic hydroxyl groups is 1. The van der Waals surface area contributed by atoms with E-state index in [0.29, 0.717) is 18.7 Å². The topological polar surface area (TPSA) is 60.2 Å². The zero-order valence-electron chi connectivity index (χ0n) is 11.3. The minimum Gasteiger partial charge on any atom is -0.391 e. The number of pyridine rings is 1. The van der Waals surface area contributed by atoms with Crippen LogP contribution in [0, 0.1) is 17.1 Å². The van der Waals surface area contributed by atoms with Crippen molar-refractivity contribution in [2.24, 2.45) is 0 Å². The molecule has 0 unspecified atom stereocenters. The fourth-order valence-corrected chi connectivity index (χ4v) is 2.72. The molecule has 0 bridgehead atoms. The highest BCUT2D eigenvalue weighted by Gasteiger charge is 2.32. The van der Waals surface area contributed by atoms with Crippen LogP contribution in [0.4, 0.5) is 10.1 Å². The number of nitriles is 1. The second-order valence-electron chi connectivity index (χ2n) is 5.12. The van der Waals surface area contributed by atoms with E-state index in [9.17, 15) is 9.50 Å². The highest BCUT2D eigenvalue weighted by atomic mass is 19.1. The van der Waals surface area contributed by atoms with E-state index in [-0.39, 0.29) is 11.9 Å². The van der Waals surface area contributed by atoms with Gasteiger partial charge in [-0.1, -0.05) is 12.1 Å². The second kappa shape index (κ2) is 5.51. The molecule has 1 fully saturated rings. The quantitative estimate of drug-likeness (QED) is 0.919. The van der Waals surface area contributed by atoms with E-state index in [1.54, 1.807) is 24.4 Å². The lowest BCUT2D eigenvalue weighted by Crippen LogP contribution is -2.24. The van der Waals surface area contributed by atoms with Gasteiger partial charge in [0.25, 0.3) is 0 Å². The second-order valence-corrected chi connectivity index (χ2v) is 5.12. The van der Waals surface area contributed by atoms with Crippen molar-refractivity contribution in [3.63, 3.8) is 0 Å². The SMILES string of the molecule is N#Cc1ccc(N2C[C@@H](O)C[C@@H]2c2ccc(F)cc2)cn1. The Balaban J connectivity index is 1.91. The van der Waals surface area contributed by atoms with Crippen LogP contribution in [0.15, 0.2) is 42.6 Å². The largest absolute Gasteiger partial charge is 0.391 e. The zero-order valence-corrected chi connectivity index (χ0v) is 11.3. The van der Waals surface area contributed by atoms with Crippen LogP contribution in [0.2, 0.25) is 0 Å². The molecule has 0 radical (unpaired) electrons. The Kier molecular flexibility index (Phi) is 3.55. The van der Waals surface area contributed by atoms with Crippen LogP contribution < -0.4 is 4.90 Å². The molecule has 0 amide bonds. The Bertz CT molecular complexity index is 663. The van der Waals surface area contributed by atoms with E-state index >= 15 is 0 Å². The number of β-amino-alcohol motifs (C(OH)–C–C–N with tert-alkyl or cyclic N) is 1. The standard InChI is InChI=1S/C16H14FN3O/c17-12-3-1-11(2-4-12)16-7-15(21)10-20(16)14-6-5-13(8-18)19-9-14/h1-6,9,15-16,21H,7,10H2/t15-,16+/m0/s1. The van der Waals surface area contributed by atoms with E-state index in [0.717, 1.165) is 11.3 Å². The van der Waals surface area contributed by atoms with Crippen molar-refractivity contribution in [1.29, 1.82) is 5.26 Å². The maximum atomic E-state index is 13.1. The van der Waals surface area contributed by atoms with Crippen LogP contribution >= 0.6 is 0 Å². The van der Waals surface area contributed by atoms with Crippen molar-refractivity contribution in [2.45, 2.75) is 18.6 Å². The van der Waals surface area contributed by atoms with Gasteiger partial charge in [-0.25, -0.2) is 9.37 Å². The third-order valence-electron chi connectivity index (χ3n) is 3.73. The molecular formula is C16H14FN3O. The smallest absolute Gasteiger partial charge is 0.140 e. The summed E-state index contributed by atoms with van der Waals surface area (Å²) in [4.78, 5) is 6.10. The molecule has 0 saturated carbocycles. The molecular weight excluding hydrogens is 269 g/mol. The number of halogens is 1. The van der Waals surface area contributed by atoms with Crippen LogP contribution in [0.3, 0.4) is 0 Å². The Labute approximate surface area is 122 Å². The number of hydrogen-bond acceptors (Lipinski definition) is 4. The fraction of sp³-hybridized carbons (Fsp3) is 0.250. The Hall–Kier alpha value is -2.45. The molecule has 1 aromatic carbocycles. The molecule has 5 heteroatoms. The van der Waals surface area contributed by atoms with Crippen LogP contribution in [0.25, 0.3) is 0 Å². The molecule has 2 atom stereocenters. The van der Waals surface area contributed by atoms with Gasteiger partial charge in [-0.3, -0.25) is 0 Å². The minimum absolute atomic E-state index is 0.0182. The van der Waals surface area contributed by atoms with E-state index in [1.165, 1.54) is 12.1 Å². The molecule has 0 aliphatic carbocycles. The van der Waals surface area contributed by atoms with Gasteiger partial charge in [0.1, 0.15) is 17.6 Å². The highest BCUT2D eigenvalue weighted by Crippen LogP contribution is 2.36.